The number of methoxy groups -OCH3 is 1. The van der Waals surface area contributed by atoms with Crippen LogP contribution in [-0.4, -0.2) is 18.8 Å². The summed E-state index contributed by atoms with van der Waals surface area (Å²) in [6.07, 6.45) is 0.207. The van der Waals surface area contributed by atoms with Gasteiger partial charge < -0.3 is 15.2 Å². The van der Waals surface area contributed by atoms with Gasteiger partial charge >= 0.3 is 0 Å². The van der Waals surface area contributed by atoms with Crippen molar-refractivity contribution < 1.29 is 9.84 Å². The zero-order chi connectivity index (χ0) is 14.4. The van der Waals surface area contributed by atoms with Crippen molar-refractivity contribution in [3.05, 3.63) is 59.7 Å². The van der Waals surface area contributed by atoms with Crippen LogP contribution in [0.3, 0.4) is 0 Å². The van der Waals surface area contributed by atoms with Gasteiger partial charge in [0.05, 0.1) is 13.2 Å². The molecule has 3 nitrogen and oxygen atoms in total. The van der Waals surface area contributed by atoms with Gasteiger partial charge in [-0.25, -0.2) is 0 Å². The number of hydrogen-bond donors (Lipinski definition) is 2. The van der Waals surface area contributed by atoms with E-state index >= 15 is 0 Å². The van der Waals surface area contributed by atoms with E-state index in [1.807, 2.05) is 36.4 Å². The number of aliphatic hydroxyl groups excluding tert-OH is 1. The van der Waals surface area contributed by atoms with Gasteiger partial charge in [-0.3, -0.25) is 0 Å². The second-order valence-electron chi connectivity index (χ2n) is 4.82. The molecule has 0 aromatic heterocycles. The van der Waals surface area contributed by atoms with E-state index in [0.717, 1.165) is 23.5 Å². The normalized spacial score (nSPS) is 11.9. The number of benzene rings is 2. The summed E-state index contributed by atoms with van der Waals surface area (Å²) < 4.78 is 5.11. The first kappa shape index (κ1) is 14.4. The molecule has 0 aliphatic carbocycles. The number of para-hydroxylation sites is 1. The maximum atomic E-state index is 10.2. The summed E-state index contributed by atoms with van der Waals surface area (Å²) in [7, 11) is 1.64. The molecule has 0 saturated heterocycles. The van der Waals surface area contributed by atoms with E-state index in [0.29, 0.717) is 6.42 Å². The summed E-state index contributed by atoms with van der Waals surface area (Å²) >= 11 is 0. The Labute approximate surface area is 120 Å². The third-order valence-electron chi connectivity index (χ3n) is 3.38. The van der Waals surface area contributed by atoms with Gasteiger partial charge in [0.2, 0.25) is 0 Å². The topological polar surface area (TPSA) is 41.5 Å². The number of anilines is 1. The average Bonchev–Trinajstić information content (AvgIpc) is 2.49. The van der Waals surface area contributed by atoms with Crippen LogP contribution in [0.5, 0.6) is 5.75 Å². The highest BCUT2D eigenvalue weighted by Crippen LogP contribution is 2.20. The Morgan fingerprint density at radius 1 is 1.10 bits per heavy atom. The van der Waals surface area contributed by atoms with Crippen LogP contribution in [0.4, 0.5) is 5.69 Å². The van der Waals surface area contributed by atoms with Gasteiger partial charge in [0, 0.05) is 12.2 Å². The van der Waals surface area contributed by atoms with E-state index in [1.54, 1.807) is 7.11 Å². The largest absolute Gasteiger partial charge is 0.497 e. The molecule has 0 heterocycles. The predicted molar refractivity (Wildman–Crippen MR) is 82.2 cm³/mol. The molecule has 0 aliphatic rings. The Balaban J connectivity index is 1.85. The molecule has 20 heavy (non-hydrogen) atoms. The first-order valence-electron chi connectivity index (χ1n) is 6.82. The second kappa shape index (κ2) is 6.96. The lowest BCUT2D eigenvalue weighted by atomic mass is 10.1. The van der Waals surface area contributed by atoms with Crippen molar-refractivity contribution in [3.63, 3.8) is 0 Å². The molecular formula is C17H21NO2. The number of rotatable bonds is 6. The van der Waals surface area contributed by atoms with E-state index in [9.17, 15) is 5.11 Å². The molecule has 0 bridgehead atoms. The van der Waals surface area contributed by atoms with Crippen molar-refractivity contribution in [2.45, 2.75) is 19.4 Å². The highest BCUT2D eigenvalue weighted by Gasteiger charge is 2.07. The van der Waals surface area contributed by atoms with Crippen molar-refractivity contribution in [1.82, 2.24) is 0 Å². The molecule has 0 aliphatic heterocycles. The lowest BCUT2D eigenvalue weighted by Crippen LogP contribution is -2.08. The van der Waals surface area contributed by atoms with Gasteiger partial charge in [-0.1, -0.05) is 30.3 Å². The fourth-order valence-electron chi connectivity index (χ4n) is 2.11. The number of aliphatic hydroxyl groups is 1. The van der Waals surface area contributed by atoms with Crippen LogP contribution in [-0.2, 0) is 0 Å². The Morgan fingerprint density at radius 3 is 2.45 bits per heavy atom. The highest BCUT2D eigenvalue weighted by atomic mass is 16.5. The smallest absolute Gasteiger partial charge is 0.118 e. The molecule has 0 unspecified atom stereocenters. The van der Waals surface area contributed by atoms with E-state index < -0.39 is 6.10 Å². The van der Waals surface area contributed by atoms with Crippen LogP contribution in [0.15, 0.2) is 48.5 Å². The van der Waals surface area contributed by atoms with Gasteiger partial charge in [0.1, 0.15) is 5.75 Å². The predicted octanol–water partition coefficient (Wildman–Crippen LogP) is 3.54. The minimum absolute atomic E-state index is 0.461. The Bertz CT molecular complexity index is 537. The van der Waals surface area contributed by atoms with Crippen LogP contribution >= 0.6 is 0 Å². The minimum atomic E-state index is -0.461. The molecule has 1 atom stereocenters. The molecule has 0 amide bonds. The quantitative estimate of drug-likeness (QED) is 0.844. The lowest BCUT2D eigenvalue weighted by molar-refractivity contribution is 0.171. The molecular weight excluding hydrogens is 250 g/mol. The van der Waals surface area contributed by atoms with E-state index in [4.69, 9.17) is 4.74 Å². The number of nitrogens with one attached hydrogen (secondary N) is 1. The Hall–Kier alpha value is -2.00. The summed E-state index contributed by atoms with van der Waals surface area (Å²) in [4.78, 5) is 0. The SMILES string of the molecule is COc1ccc([C@H](O)CCNc2ccccc2C)cc1. The molecule has 2 rings (SSSR count). The first-order valence-corrected chi connectivity index (χ1v) is 6.82. The average molecular weight is 271 g/mol. The maximum absolute atomic E-state index is 10.2. The first-order chi connectivity index (χ1) is 9.70. The van der Waals surface area contributed by atoms with Crippen LogP contribution in [0, 0.1) is 6.92 Å². The maximum Gasteiger partial charge on any atom is 0.118 e. The molecule has 2 aromatic carbocycles. The molecule has 2 aromatic rings. The highest BCUT2D eigenvalue weighted by molar-refractivity contribution is 5.50. The van der Waals surface area contributed by atoms with Crippen molar-refractivity contribution in [3.8, 4) is 5.75 Å². The van der Waals surface area contributed by atoms with E-state index in [1.165, 1.54) is 5.56 Å². The lowest BCUT2D eigenvalue weighted by Gasteiger charge is -2.14. The van der Waals surface area contributed by atoms with Crippen LogP contribution in [0.1, 0.15) is 23.7 Å². The molecule has 0 fully saturated rings. The van der Waals surface area contributed by atoms with Crippen molar-refractivity contribution >= 4 is 5.69 Å². The molecule has 106 valence electrons. The molecule has 0 radical (unpaired) electrons. The number of hydrogen-bond acceptors (Lipinski definition) is 3. The van der Waals surface area contributed by atoms with Gasteiger partial charge in [-0.15, -0.1) is 0 Å². The summed E-state index contributed by atoms with van der Waals surface area (Å²) in [5, 5.41) is 13.5. The minimum Gasteiger partial charge on any atom is -0.497 e. The van der Waals surface area contributed by atoms with E-state index in [-0.39, 0.29) is 0 Å². The van der Waals surface area contributed by atoms with Crippen molar-refractivity contribution in [1.29, 1.82) is 0 Å². The fraction of sp³-hybridized carbons (Fsp3) is 0.294. The van der Waals surface area contributed by atoms with Gasteiger partial charge in [0.15, 0.2) is 0 Å². The zero-order valence-corrected chi connectivity index (χ0v) is 12.0. The summed E-state index contributed by atoms with van der Waals surface area (Å²) in [6, 6.07) is 15.7. The fourth-order valence-corrected chi connectivity index (χ4v) is 2.11. The summed E-state index contributed by atoms with van der Waals surface area (Å²) in [5.74, 6) is 0.805. The molecule has 3 heteroatoms. The summed E-state index contributed by atoms with van der Waals surface area (Å²) in [6.45, 7) is 2.81. The van der Waals surface area contributed by atoms with Crippen LogP contribution in [0.2, 0.25) is 0 Å². The number of aryl methyl sites for hydroxylation is 1. The van der Waals surface area contributed by atoms with Crippen LogP contribution in [0.25, 0.3) is 0 Å². The third-order valence-corrected chi connectivity index (χ3v) is 3.38. The molecule has 0 saturated carbocycles. The third kappa shape index (κ3) is 3.75. The number of ether oxygens (including phenoxy) is 1. The van der Waals surface area contributed by atoms with Crippen molar-refractivity contribution in [2.75, 3.05) is 19.0 Å². The monoisotopic (exact) mass is 271 g/mol. The van der Waals surface area contributed by atoms with Gasteiger partial charge in [-0.2, -0.15) is 0 Å². The second-order valence-corrected chi connectivity index (χ2v) is 4.82. The van der Waals surface area contributed by atoms with Crippen LogP contribution < -0.4 is 10.1 Å². The van der Waals surface area contributed by atoms with Crippen molar-refractivity contribution in [2.24, 2.45) is 0 Å². The Morgan fingerprint density at radius 2 is 1.80 bits per heavy atom. The van der Waals surface area contributed by atoms with E-state index in [2.05, 4.69) is 24.4 Å². The zero-order valence-electron chi connectivity index (χ0n) is 12.0. The Kier molecular flexibility index (Phi) is 5.02. The molecule has 0 spiro atoms. The molecule has 2 N–H and O–H groups in total. The van der Waals surface area contributed by atoms with Gasteiger partial charge in [0.25, 0.3) is 0 Å². The standard InChI is InChI=1S/C17H21NO2/c1-13-5-3-4-6-16(13)18-12-11-17(19)14-7-9-15(20-2)10-8-14/h3-10,17-19H,11-12H2,1-2H3/t17-/m1/s1. The summed E-state index contributed by atoms with van der Waals surface area (Å²) in [5.41, 5.74) is 3.25. The van der Waals surface area contributed by atoms with Gasteiger partial charge in [-0.05, 0) is 42.7 Å².